The molecule has 27 heavy (non-hydrogen) atoms. The molecule has 6 nitrogen and oxygen atoms in total. The zero-order valence-electron chi connectivity index (χ0n) is 14.5. The van der Waals surface area contributed by atoms with E-state index in [4.69, 9.17) is 14.2 Å². The number of fused-ring (bicyclic) bond motifs is 1. The Kier molecular flexibility index (Phi) is 5.20. The molecule has 138 valence electrons. The van der Waals surface area contributed by atoms with Crippen molar-refractivity contribution in [3.05, 3.63) is 53.9 Å². The standard InChI is InChI=1S/C20H18N2O4S/c23-19(8-9-24-15-4-2-1-3-5-15)22-20-21-16(13-27-20)14-6-7-17-18(12-14)26-11-10-25-17/h1-7,12-13H,8-11H2,(H,21,22,23). The summed E-state index contributed by atoms with van der Waals surface area (Å²) in [7, 11) is 0. The quantitative estimate of drug-likeness (QED) is 0.698. The van der Waals surface area contributed by atoms with Crippen molar-refractivity contribution in [2.24, 2.45) is 0 Å². The van der Waals surface area contributed by atoms with Gasteiger partial charge >= 0.3 is 0 Å². The van der Waals surface area contributed by atoms with Crippen LogP contribution in [0.4, 0.5) is 5.13 Å². The van der Waals surface area contributed by atoms with Crippen LogP contribution in [-0.2, 0) is 4.79 Å². The van der Waals surface area contributed by atoms with Gasteiger partial charge in [0, 0.05) is 10.9 Å². The Labute approximate surface area is 160 Å². The molecule has 1 aliphatic heterocycles. The second-order valence-electron chi connectivity index (χ2n) is 5.86. The fourth-order valence-electron chi connectivity index (χ4n) is 2.63. The van der Waals surface area contributed by atoms with Crippen LogP contribution in [0.2, 0.25) is 0 Å². The highest BCUT2D eigenvalue weighted by Crippen LogP contribution is 2.35. The van der Waals surface area contributed by atoms with E-state index in [-0.39, 0.29) is 12.3 Å². The first kappa shape index (κ1) is 17.4. The molecular weight excluding hydrogens is 364 g/mol. The lowest BCUT2D eigenvalue weighted by Crippen LogP contribution is -2.15. The van der Waals surface area contributed by atoms with Gasteiger partial charge in [-0.2, -0.15) is 0 Å². The third kappa shape index (κ3) is 4.38. The summed E-state index contributed by atoms with van der Waals surface area (Å²) in [6.45, 7) is 1.42. The number of carbonyl (C=O) groups excluding carboxylic acids is 1. The molecular formula is C20H18N2O4S. The fraction of sp³-hybridized carbons (Fsp3) is 0.200. The summed E-state index contributed by atoms with van der Waals surface area (Å²) in [4.78, 5) is 16.6. The summed E-state index contributed by atoms with van der Waals surface area (Å²) < 4.78 is 16.7. The first-order chi connectivity index (χ1) is 13.3. The van der Waals surface area contributed by atoms with Crippen molar-refractivity contribution in [1.29, 1.82) is 0 Å². The molecule has 0 aliphatic carbocycles. The predicted molar refractivity (Wildman–Crippen MR) is 104 cm³/mol. The highest BCUT2D eigenvalue weighted by Gasteiger charge is 2.14. The van der Waals surface area contributed by atoms with E-state index in [0.29, 0.717) is 25.0 Å². The van der Waals surface area contributed by atoms with E-state index in [0.717, 1.165) is 28.5 Å². The summed E-state index contributed by atoms with van der Waals surface area (Å²) in [5, 5.41) is 5.28. The summed E-state index contributed by atoms with van der Waals surface area (Å²) in [5.41, 5.74) is 1.70. The number of ether oxygens (including phenoxy) is 3. The topological polar surface area (TPSA) is 69.7 Å². The Morgan fingerprint density at radius 3 is 2.78 bits per heavy atom. The van der Waals surface area contributed by atoms with Crippen LogP contribution in [-0.4, -0.2) is 30.7 Å². The summed E-state index contributed by atoms with van der Waals surface area (Å²) >= 11 is 1.38. The third-order valence-electron chi connectivity index (χ3n) is 3.93. The number of amides is 1. The Morgan fingerprint density at radius 1 is 1.11 bits per heavy atom. The van der Waals surface area contributed by atoms with Gasteiger partial charge in [0.25, 0.3) is 0 Å². The molecule has 0 radical (unpaired) electrons. The van der Waals surface area contributed by atoms with Crippen LogP contribution in [0.25, 0.3) is 11.3 Å². The molecule has 0 bridgehead atoms. The molecule has 1 amide bonds. The fourth-order valence-corrected chi connectivity index (χ4v) is 3.36. The van der Waals surface area contributed by atoms with Gasteiger partial charge in [-0.05, 0) is 30.3 Å². The molecule has 2 heterocycles. The number of carbonyl (C=O) groups is 1. The Hall–Kier alpha value is -3.06. The second kappa shape index (κ2) is 8.09. The molecule has 1 aliphatic rings. The van der Waals surface area contributed by atoms with Gasteiger partial charge in [0.1, 0.15) is 19.0 Å². The van der Waals surface area contributed by atoms with Crippen LogP contribution in [0.5, 0.6) is 17.2 Å². The highest BCUT2D eigenvalue weighted by atomic mass is 32.1. The van der Waals surface area contributed by atoms with Crippen molar-refractivity contribution in [2.75, 3.05) is 25.1 Å². The van der Waals surface area contributed by atoms with Crippen LogP contribution in [0.3, 0.4) is 0 Å². The molecule has 7 heteroatoms. The number of nitrogens with zero attached hydrogens (tertiary/aromatic N) is 1. The molecule has 0 unspecified atom stereocenters. The van der Waals surface area contributed by atoms with Crippen molar-refractivity contribution in [2.45, 2.75) is 6.42 Å². The molecule has 1 aromatic heterocycles. The second-order valence-corrected chi connectivity index (χ2v) is 6.71. The smallest absolute Gasteiger partial charge is 0.229 e. The average Bonchev–Trinajstić information content (AvgIpc) is 3.17. The van der Waals surface area contributed by atoms with Gasteiger partial charge in [-0.3, -0.25) is 4.79 Å². The van der Waals surface area contributed by atoms with Gasteiger partial charge in [-0.15, -0.1) is 11.3 Å². The number of anilines is 1. The van der Waals surface area contributed by atoms with Crippen LogP contribution < -0.4 is 19.5 Å². The minimum atomic E-state index is -0.131. The summed E-state index contributed by atoms with van der Waals surface area (Å²) in [6, 6.07) is 15.1. The van der Waals surface area contributed by atoms with E-state index < -0.39 is 0 Å². The van der Waals surface area contributed by atoms with Crippen LogP contribution in [0.1, 0.15) is 6.42 Å². The Bertz CT molecular complexity index is 927. The number of rotatable bonds is 6. The molecule has 0 saturated carbocycles. The largest absolute Gasteiger partial charge is 0.493 e. The maximum atomic E-state index is 12.1. The summed E-state index contributed by atoms with van der Waals surface area (Å²) in [6.07, 6.45) is 0.258. The molecule has 4 rings (SSSR count). The first-order valence-corrected chi connectivity index (χ1v) is 9.49. The molecule has 1 N–H and O–H groups in total. The van der Waals surface area contributed by atoms with Crippen molar-refractivity contribution in [1.82, 2.24) is 4.98 Å². The minimum absolute atomic E-state index is 0.131. The number of aromatic nitrogens is 1. The average molecular weight is 382 g/mol. The molecule has 0 fully saturated rings. The zero-order valence-corrected chi connectivity index (χ0v) is 15.3. The number of para-hydroxylation sites is 1. The molecule has 3 aromatic rings. The van der Waals surface area contributed by atoms with Crippen molar-refractivity contribution in [3.63, 3.8) is 0 Å². The van der Waals surface area contributed by atoms with Gasteiger partial charge in [0.2, 0.25) is 5.91 Å². The molecule has 0 atom stereocenters. The lowest BCUT2D eigenvalue weighted by atomic mass is 10.1. The SMILES string of the molecule is O=C(CCOc1ccccc1)Nc1nc(-c2ccc3c(c2)OCCO3)cs1. The van der Waals surface area contributed by atoms with E-state index in [1.54, 1.807) is 0 Å². The van der Waals surface area contributed by atoms with Crippen molar-refractivity contribution >= 4 is 22.4 Å². The monoisotopic (exact) mass is 382 g/mol. The van der Waals surface area contributed by atoms with E-state index in [1.807, 2.05) is 53.9 Å². The van der Waals surface area contributed by atoms with Crippen LogP contribution in [0, 0.1) is 0 Å². The van der Waals surface area contributed by atoms with Gasteiger partial charge in [0.05, 0.1) is 18.7 Å². The maximum Gasteiger partial charge on any atom is 0.229 e. The summed E-state index contributed by atoms with van der Waals surface area (Å²) in [5.74, 6) is 2.08. The van der Waals surface area contributed by atoms with Gasteiger partial charge in [-0.1, -0.05) is 18.2 Å². The maximum absolute atomic E-state index is 12.1. The van der Waals surface area contributed by atoms with E-state index in [9.17, 15) is 4.79 Å². The predicted octanol–water partition coefficient (Wildman–Crippen LogP) is 3.99. The lowest BCUT2D eigenvalue weighted by molar-refractivity contribution is -0.116. The molecule has 2 aromatic carbocycles. The number of nitrogens with one attached hydrogen (secondary N) is 1. The number of hydrogen-bond acceptors (Lipinski definition) is 6. The highest BCUT2D eigenvalue weighted by molar-refractivity contribution is 7.14. The van der Waals surface area contributed by atoms with Crippen LogP contribution >= 0.6 is 11.3 Å². The first-order valence-electron chi connectivity index (χ1n) is 8.61. The number of thiazole rings is 1. The normalized spacial score (nSPS) is 12.4. The molecule has 0 spiro atoms. The Balaban J connectivity index is 1.33. The molecule has 0 saturated heterocycles. The van der Waals surface area contributed by atoms with E-state index >= 15 is 0 Å². The third-order valence-corrected chi connectivity index (χ3v) is 4.69. The van der Waals surface area contributed by atoms with Gasteiger partial charge in [-0.25, -0.2) is 4.98 Å². The van der Waals surface area contributed by atoms with Crippen molar-refractivity contribution < 1.29 is 19.0 Å². The zero-order chi connectivity index (χ0) is 18.5. The minimum Gasteiger partial charge on any atom is -0.493 e. The van der Waals surface area contributed by atoms with Gasteiger partial charge < -0.3 is 19.5 Å². The van der Waals surface area contributed by atoms with Gasteiger partial charge in [0.15, 0.2) is 16.6 Å². The van der Waals surface area contributed by atoms with Crippen LogP contribution in [0.15, 0.2) is 53.9 Å². The number of hydrogen-bond donors (Lipinski definition) is 1. The van der Waals surface area contributed by atoms with E-state index in [1.165, 1.54) is 11.3 Å². The van der Waals surface area contributed by atoms with E-state index in [2.05, 4.69) is 10.3 Å². The van der Waals surface area contributed by atoms with Crippen molar-refractivity contribution in [3.8, 4) is 28.5 Å². The lowest BCUT2D eigenvalue weighted by Gasteiger charge is -2.18. The Morgan fingerprint density at radius 2 is 1.93 bits per heavy atom. The number of benzene rings is 2.